The van der Waals surface area contributed by atoms with Gasteiger partial charge in [-0.05, 0) is 44.0 Å². The zero-order chi connectivity index (χ0) is 18.8. The van der Waals surface area contributed by atoms with Crippen LogP contribution in [0.2, 0.25) is 0 Å². The van der Waals surface area contributed by atoms with Crippen molar-refractivity contribution in [2.75, 3.05) is 13.1 Å². The van der Waals surface area contributed by atoms with Gasteiger partial charge in [-0.2, -0.15) is 0 Å². The van der Waals surface area contributed by atoms with Crippen molar-refractivity contribution in [2.24, 2.45) is 0 Å². The van der Waals surface area contributed by atoms with E-state index in [-0.39, 0.29) is 17.9 Å². The Balaban J connectivity index is 1.35. The van der Waals surface area contributed by atoms with Gasteiger partial charge in [-0.1, -0.05) is 0 Å². The Bertz CT molecular complexity index is 922. The highest BCUT2D eigenvalue weighted by Crippen LogP contribution is 2.28. The smallest absolute Gasteiger partial charge is 0.289 e. The molecular formula is C19H19N3O4S. The molecule has 0 radical (unpaired) electrons. The molecule has 0 atom stereocenters. The third-order valence-electron chi connectivity index (χ3n) is 4.59. The number of aryl methyl sites for hydroxylation is 1. The maximum Gasteiger partial charge on any atom is 0.289 e. The van der Waals surface area contributed by atoms with Crippen molar-refractivity contribution in [2.45, 2.75) is 25.8 Å². The predicted octanol–water partition coefficient (Wildman–Crippen LogP) is 3.34. The highest BCUT2D eigenvalue weighted by Gasteiger charge is 2.27. The van der Waals surface area contributed by atoms with Crippen LogP contribution in [0.5, 0.6) is 0 Å². The molecule has 27 heavy (non-hydrogen) atoms. The van der Waals surface area contributed by atoms with Crippen molar-refractivity contribution >= 4 is 23.2 Å². The first-order valence-electron chi connectivity index (χ1n) is 8.77. The van der Waals surface area contributed by atoms with Crippen LogP contribution in [0.4, 0.5) is 0 Å². The molecule has 7 nitrogen and oxygen atoms in total. The van der Waals surface area contributed by atoms with Gasteiger partial charge >= 0.3 is 0 Å². The highest BCUT2D eigenvalue weighted by molar-refractivity contribution is 7.15. The van der Waals surface area contributed by atoms with Gasteiger partial charge in [0.05, 0.1) is 12.5 Å². The molecule has 8 heteroatoms. The number of furan rings is 2. The second-order valence-electron chi connectivity index (χ2n) is 6.42. The van der Waals surface area contributed by atoms with Crippen LogP contribution >= 0.6 is 11.3 Å². The third kappa shape index (κ3) is 3.66. The Labute approximate surface area is 160 Å². The Hall–Kier alpha value is -2.87. The number of hydrogen-bond acceptors (Lipinski definition) is 6. The molecule has 0 unspecified atom stereocenters. The van der Waals surface area contributed by atoms with Gasteiger partial charge in [0.15, 0.2) is 16.5 Å². The van der Waals surface area contributed by atoms with E-state index in [1.54, 1.807) is 29.4 Å². The van der Waals surface area contributed by atoms with Gasteiger partial charge in [0, 0.05) is 24.0 Å². The molecule has 140 valence electrons. The lowest BCUT2D eigenvalue weighted by atomic mass is 10.0. The normalized spacial score (nSPS) is 15.1. The lowest BCUT2D eigenvalue weighted by Gasteiger charge is -2.31. The number of thiazole rings is 1. The van der Waals surface area contributed by atoms with Gasteiger partial charge in [-0.3, -0.25) is 9.59 Å². The van der Waals surface area contributed by atoms with Gasteiger partial charge in [0.25, 0.3) is 11.8 Å². The van der Waals surface area contributed by atoms with E-state index in [1.807, 2.05) is 13.0 Å². The van der Waals surface area contributed by atoms with Crippen LogP contribution in [0.15, 0.2) is 45.6 Å². The van der Waals surface area contributed by atoms with Gasteiger partial charge in [0.1, 0.15) is 5.69 Å². The summed E-state index contributed by atoms with van der Waals surface area (Å²) in [6, 6.07) is 7.01. The molecule has 0 aromatic carbocycles. The van der Waals surface area contributed by atoms with E-state index < -0.39 is 0 Å². The fraction of sp³-hybridized carbons (Fsp3) is 0.316. The summed E-state index contributed by atoms with van der Waals surface area (Å²) in [6.45, 7) is 3.04. The van der Waals surface area contributed by atoms with Crippen LogP contribution in [0, 0.1) is 6.92 Å². The predicted molar refractivity (Wildman–Crippen MR) is 99.7 cm³/mol. The summed E-state index contributed by atoms with van der Waals surface area (Å²) in [5, 5.41) is 3.74. The summed E-state index contributed by atoms with van der Waals surface area (Å²) in [4.78, 5) is 32.0. The molecule has 4 rings (SSSR count). The minimum absolute atomic E-state index is 0.0197. The molecule has 4 heterocycles. The maximum atomic E-state index is 12.6. The Morgan fingerprint density at radius 2 is 1.93 bits per heavy atom. The average molecular weight is 385 g/mol. The standard InChI is InChI=1S/C19H19N3O4S/c1-12-16(21-18(27-12)14-4-2-10-25-14)17(23)20-13-6-8-22(9-7-13)19(24)15-5-3-11-26-15/h2-5,10-11,13H,6-9H2,1H3,(H,20,23). The van der Waals surface area contributed by atoms with Crippen LogP contribution in [-0.2, 0) is 0 Å². The second-order valence-corrected chi connectivity index (χ2v) is 7.62. The topological polar surface area (TPSA) is 88.6 Å². The number of likely N-dealkylation sites (tertiary alicyclic amines) is 1. The molecule has 3 aromatic rings. The molecular weight excluding hydrogens is 366 g/mol. The molecule has 1 saturated heterocycles. The van der Waals surface area contributed by atoms with Crippen LogP contribution in [0.3, 0.4) is 0 Å². The molecule has 0 bridgehead atoms. The maximum absolute atomic E-state index is 12.6. The zero-order valence-electron chi connectivity index (χ0n) is 14.8. The third-order valence-corrected chi connectivity index (χ3v) is 5.58. The minimum atomic E-state index is -0.183. The van der Waals surface area contributed by atoms with Crippen LogP contribution in [-0.4, -0.2) is 40.8 Å². The highest BCUT2D eigenvalue weighted by atomic mass is 32.1. The fourth-order valence-corrected chi connectivity index (χ4v) is 4.03. The number of piperidine rings is 1. The number of aromatic nitrogens is 1. The summed E-state index contributed by atoms with van der Waals surface area (Å²) in [5.41, 5.74) is 0.431. The largest absolute Gasteiger partial charge is 0.462 e. The summed E-state index contributed by atoms with van der Waals surface area (Å²) in [6.07, 6.45) is 4.48. The second kappa shape index (κ2) is 7.40. The summed E-state index contributed by atoms with van der Waals surface area (Å²) in [7, 11) is 0. The SMILES string of the molecule is Cc1sc(-c2ccco2)nc1C(=O)NC1CCN(C(=O)c2ccco2)CC1. The Morgan fingerprint density at radius 1 is 1.19 bits per heavy atom. The van der Waals surface area contributed by atoms with Crippen molar-refractivity contribution < 1.29 is 18.4 Å². The first-order valence-corrected chi connectivity index (χ1v) is 9.58. The Kier molecular flexibility index (Phi) is 4.81. The monoisotopic (exact) mass is 385 g/mol. The van der Waals surface area contributed by atoms with E-state index in [9.17, 15) is 9.59 Å². The van der Waals surface area contributed by atoms with Crippen molar-refractivity contribution in [1.82, 2.24) is 15.2 Å². The van der Waals surface area contributed by atoms with Gasteiger partial charge in [-0.25, -0.2) is 4.98 Å². The molecule has 1 aliphatic heterocycles. The van der Waals surface area contributed by atoms with E-state index in [0.29, 0.717) is 48.2 Å². The van der Waals surface area contributed by atoms with Gasteiger partial charge in [-0.15, -0.1) is 11.3 Å². The number of carbonyl (C=O) groups is 2. The van der Waals surface area contributed by atoms with E-state index in [2.05, 4.69) is 10.3 Å². The number of nitrogens with zero attached hydrogens (tertiary/aromatic N) is 2. The van der Waals surface area contributed by atoms with Crippen molar-refractivity contribution in [1.29, 1.82) is 0 Å². The molecule has 0 saturated carbocycles. The van der Waals surface area contributed by atoms with E-state index in [0.717, 1.165) is 4.88 Å². The van der Waals surface area contributed by atoms with Crippen molar-refractivity contribution in [3.05, 3.63) is 53.1 Å². The van der Waals surface area contributed by atoms with E-state index in [4.69, 9.17) is 8.83 Å². The molecule has 2 amide bonds. The number of carbonyl (C=O) groups excluding carboxylic acids is 2. The number of hydrogen-bond donors (Lipinski definition) is 1. The van der Waals surface area contributed by atoms with Gasteiger partial charge in [0.2, 0.25) is 0 Å². The van der Waals surface area contributed by atoms with E-state index >= 15 is 0 Å². The average Bonchev–Trinajstić information content (AvgIpc) is 3.43. The van der Waals surface area contributed by atoms with Crippen molar-refractivity contribution in [3.63, 3.8) is 0 Å². The first kappa shape index (κ1) is 17.5. The van der Waals surface area contributed by atoms with E-state index in [1.165, 1.54) is 17.6 Å². The first-order chi connectivity index (χ1) is 13.1. The Morgan fingerprint density at radius 3 is 2.59 bits per heavy atom. The summed E-state index contributed by atoms with van der Waals surface area (Å²) < 4.78 is 10.5. The molecule has 3 aromatic heterocycles. The molecule has 0 aliphatic carbocycles. The summed E-state index contributed by atoms with van der Waals surface area (Å²) in [5.74, 6) is 0.716. The molecule has 1 aliphatic rings. The van der Waals surface area contributed by atoms with Gasteiger partial charge < -0.3 is 19.1 Å². The number of rotatable bonds is 4. The van der Waals surface area contributed by atoms with Crippen LogP contribution < -0.4 is 5.32 Å². The molecule has 1 fully saturated rings. The number of amides is 2. The quantitative estimate of drug-likeness (QED) is 0.744. The zero-order valence-corrected chi connectivity index (χ0v) is 15.6. The number of nitrogens with one attached hydrogen (secondary N) is 1. The fourth-order valence-electron chi connectivity index (χ4n) is 3.15. The minimum Gasteiger partial charge on any atom is -0.462 e. The molecule has 0 spiro atoms. The van der Waals surface area contributed by atoms with Crippen LogP contribution in [0.25, 0.3) is 10.8 Å². The lowest BCUT2D eigenvalue weighted by molar-refractivity contribution is 0.0667. The summed E-state index contributed by atoms with van der Waals surface area (Å²) >= 11 is 1.44. The molecule has 1 N–H and O–H groups in total. The van der Waals surface area contributed by atoms with Crippen LogP contribution in [0.1, 0.15) is 38.8 Å². The van der Waals surface area contributed by atoms with Crippen molar-refractivity contribution in [3.8, 4) is 10.8 Å². The lowest BCUT2D eigenvalue weighted by Crippen LogP contribution is -2.46.